The highest BCUT2D eigenvalue weighted by Gasteiger charge is 2.31. The lowest BCUT2D eigenvalue weighted by molar-refractivity contribution is -0.137. The van der Waals surface area contributed by atoms with Crippen LogP contribution in [0.4, 0.5) is 24.7 Å². The summed E-state index contributed by atoms with van der Waals surface area (Å²) in [5.74, 6) is 0.815. The molecule has 0 spiro atoms. The quantitative estimate of drug-likeness (QED) is 0.520. The topological polar surface area (TPSA) is 106 Å². The number of pyridine rings is 1. The molecule has 8 nitrogen and oxygen atoms in total. The molecule has 0 saturated carbocycles. The highest BCUT2D eigenvalue weighted by atomic mass is 19.4. The summed E-state index contributed by atoms with van der Waals surface area (Å²) in [5.41, 5.74) is 6.18. The minimum Gasteiger partial charge on any atom is -0.399 e. The summed E-state index contributed by atoms with van der Waals surface area (Å²) >= 11 is 0. The number of carbonyl (C=O) groups is 1. The second-order valence-corrected chi connectivity index (χ2v) is 9.35. The van der Waals surface area contributed by atoms with Crippen LogP contribution in [-0.2, 0) is 18.0 Å². The molecule has 3 N–H and O–H groups in total. The molecule has 1 fully saturated rings. The summed E-state index contributed by atoms with van der Waals surface area (Å²) < 4.78 is 41.4. The van der Waals surface area contributed by atoms with Crippen LogP contribution in [0.15, 0.2) is 29.1 Å². The molecule has 1 aliphatic rings. The number of hydrogen-bond donors (Lipinski definition) is 2. The number of anilines is 2. The maximum atomic E-state index is 13.3. The number of benzene rings is 1. The summed E-state index contributed by atoms with van der Waals surface area (Å²) in [6.07, 6.45) is -3.20. The number of alkyl halides is 3. The molecule has 36 heavy (non-hydrogen) atoms. The second kappa shape index (κ2) is 9.44. The number of hydrogen-bond acceptors (Lipinski definition) is 6. The zero-order valence-electron chi connectivity index (χ0n) is 20.6. The number of halogens is 3. The van der Waals surface area contributed by atoms with Crippen LogP contribution in [0.5, 0.6) is 0 Å². The molecule has 0 unspecified atom stereocenters. The molecule has 0 radical (unpaired) electrons. The van der Waals surface area contributed by atoms with Gasteiger partial charge in [0, 0.05) is 38.3 Å². The molecule has 11 heteroatoms. The standard InChI is InChI=1S/C25H29F3N6O2/c1-13(17-9-18(25(26,27)28)11-19(29)10-17)30-22-21-12-20(16-5-7-34(8-6-16)15(3)35)24(36)33(4)23(21)32-14(2)31-22/h9-13,16H,5-8,29H2,1-4H3,(H,30,31,32)/t13-/m1/s1. The van der Waals surface area contributed by atoms with Gasteiger partial charge in [0.2, 0.25) is 5.91 Å². The molecule has 1 aliphatic heterocycles. The van der Waals surface area contributed by atoms with Gasteiger partial charge in [0.1, 0.15) is 17.3 Å². The predicted octanol–water partition coefficient (Wildman–Crippen LogP) is 4.14. The van der Waals surface area contributed by atoms with Gasteiger partial charge in [0.05, 0.1) is 17.0 Å². The number of likely N-dealkylation sites (tertiary alicyclic amines) is 1. The average molecular weight is 503 g/mol. The van der Waals surface area contributed by atoms with Crippen LogP contribution in [0.25, 0.3) is 11.0 Å². The van der Waals surface area contributed by atoms with E-state index in [-0.39, 0.29) is 23.1 Å². The molecule has 2 aromatic heterocycles. The van der Waals surface area contributed by atoms with Crippen molar-refractivity contribution in [2.75, 3.05) is 24.1 Å². The molecule has 192 valence electrons. The number of amides is 1. The molecular weight excluding hydrogens is 473 g/mol. The minimum atomic E-state index is -4.52. The van der Waals surface area contributed by atoms with E-state index in [9.17, 15) is 22.8 Å². The van der Waals surface area contributed by atoms with Crippen molar-refractivity contribution in [3.63, 3.8) is 0 Å². The highest BCUT2D eigenvalue weighted by Crippen LogP contribution is 2.34. The van der Waals surface area contributed by atoms with Crippen LogP contribution >= 0.6 is 0 Å². The first kappa shape index (κ1) is 25.5. The van der Waals surface area contributed by atoms with Crippen molar-refractivity contribution in [1.82, 2.24) is 19.4 Å². The first-order valence-electron chi connectivity index (χ1n) is 11.7. The third-order valence-electron chi connectivity index (χ3n) is 6.74. The molecule has 1 atom stereocenters. The zero-order valence-corrected chi connectivity index (χ0v) is 20.6. The molecule has 3 aromatic rings. The molecule has 1 aromatic carbocycles. The molecule has 1 amide bonds. The second-order valence-electron chi connectivity index (χ2n) is 9.35. The van der Waals surface area contributed by atoms with E-state index in [0.717, 1.165) is 12.1 Å². The summed E-state index contributed by atoms with van der Waals surface area (Å²) in [6, 6.07) is 4.67. The van der Waals surface area contributed by atoms with Gasteiger partial charge in [-0.2, -0.15) is 13.2 Å². The van der Waals surface area contributed by atoms with Crippen LogP contribution in [0, 0.1) is 6.92 Å². The number of aromatic nitrogens is 3. The molecule has 0 aliphatic carbocycles. The highest BCUT2D eigenvalue weighted by molar-refractivity contribution is 5.87. The Balaban J connectivity index is 1.74. The normalized spacial score (nSPS) is 15.8. The van der Waals surface area contributed by atoms with Crippen molar-refractivity contribution in [2.45, 2.75) is 51.7 Å². The third kappa shape index (κ3) is 5.00. The summed E-state index contributed by atoms with van der Waals surface area (Å²) in [5, 5.41) is 3.80. The Labute approximate surface area is 206 Å². The van der Waals surface area contributed by atoms with Gasteiger partial charge in [-0.25, -0.2) is 9.97 Å². The van der Waals surface area contributed by atoms with E-state index in [2.05, 4.69) is 15.3 Å². The fourth-order valence-corrected chi connectivity index (χ4v) is 4.75. The molecular formula is C25H29F3N6O2. The van der Waals surface area contributed by atoms with Gasteiger partial charge in [0.15, 0.2) is 0 Å². The van der Waals surface area contributed by atoms with Crippen molar-refractivity contribution in [2.24, 2.45) is 7.05 Å². The van der Waals surface area contributed by atoms with Crippen LogP contribution in [0.3, 0.4) is 0 Å². The summed E-state index contributed by atoms with van der Waals surface area (Å²) in [4.78, 5) is 35.6. The van der Waals surface area contributed by atoms with E-state index in [1.54, 1.807) is 31.9 Å². The predicted molar refractivity (Wildman–Crippen MR) is 132 cm³/mol. The van der Waals surface area contributed by atoms with Crippen LogP contribution in [-0.4, -0.2) is 38.4 Å². The van der Waals surface area contributed by atoms with Crippen LogP contribution in [0.2, 0.25) is 0 Å². The molecule has 1 saturated heterocycles. The first-order chi connectivity index (χ1) is 16.8. The fourth-order valence-electron chi connectivity index (χ4n) is 4.75. The Morgan fingerprint density at radius 2 is 1.83 bits per heavy atom. The number of nitrogen functional groups attached to an aromatic ring is 1. The Bertz CT molecular complexity index is 1380. The number of piperidine rings is 1. The Morgan fingerprint density at radius 1 is 1.17 bits per heavy atom. The number of nitrogens with zero attached hydrogens (tertiary/aromatic N) is 4. The van der Waals surface area contributed by atoms with Gasteiger partial charge in [-0.3, -0.25) is 14.2 Å². The number of carbonyl (C=O) groups excluding carboxylic acids is 1. The van der Waals surface area contributed by atoms with E-state index in [1.807, 2.05) is 0 Å². The van der Waals surface area contributed by atoms with Crippen molar-refractivity contribution in [1.29, 1.82) is 0 Å². The van der Waals surface area contributed by atoms with Gasteiger partial charge in [-0.15, -0.1) is 0 Å². The van der Waals surface area contributed by atoms with Crippen LogP contribution < -0.4 is 16.6 Å². The van der Waals surface area contributed by atoms with Gasteiger partial charge < -0.3 is 16.0 Å². The SMILES string of the molecule is CC(=O)N1CCC(c2cc3c(N[C@H](C)c4cc(N)cc(C(F)(F)F)c4)nc(C)nc3n(C)c2=O)CC1. The Morgan fingerprint density at radius 3 is 2.44 bits per heavy atom. The van der Waals surface area contributed by atoms with E-state index in [0.29, 0.717) is 59.7 Å². The lowest BCUT2D eigenvalue weighted by Gasteiger charge is -2.31. The van der Waals surface area contributed by atoms with Crippen LogP contribution in [0.1, 0.15) is 61.2 Å². The van der Waals surface area contributed by atoms with E-state index in [1.165, 1.54) is 17.6 Å². The van der Waals surface area contributed by atoms with E-state index >= 15 is 0 Å². The maximum absolute atomic E-state index is 13.3. The van der Waals surface area contributed by atoms with Gasteiger partial charge in [0.25, 0.3) is 5.56 Å². The summed E-state index contributed by atoms with van der Waals surface area (Å²) in [6.45, 7) is 6.09. The largest absolute Gasteiger partial charge is 0.416 e. The van der Waals surface area contributed by atoms with Crippen molar-refractivity contribution in [3.8, 4) is 0 Å². The minimum absolute atomic E-state index is 0.0128. The first-order valence-corrected chi connectivity index (χ1v) is 11.7. The average Bonchev–Trinajstić information content (AvgIpc) is 2.80. The number of nitrogens with two attached hydrogens (primary N) is 1. The lowest BCUT2D eigenvalue weighted by atomic mass is 9.89. The van der Waals surface area contributed by atoms with Gasteiger partial charge in [-0.1, -0.05) is 0 Å². The maximum Gasteiger partial charge on any atom is 0.416 e. The van der Waals surface area contributed by atoms with Gasteiger partial charge >= 0.3 is 6.18 Å². The fraction of sp³-hybridized carbons (Fsp3) is 0.440. The molecule has 3 heterocycles. The number of aryl methyl sites for hydroxylation is 2. The van der Waals surface area contributed by atoms with Crippen molar-refractivity contribution in [3.05, 3.63) is 57.1 Å². The smallest absolute Gasteiger partial charge is 0.399 e. The molecule has 0 bridgehead atoms. The van der Waals surface area contributed by atoms with E-state index in [4.69, 9.17) is 5.73 Å². The number of nitrogens with one attached hydrogen (secondary N) is 1. The third-order valence-corrected chi connectivity index (χ3v) is 6.74. The Kier molecular flexibility index (Phi) is 6.68. The zero-order chi connectivity index (χ0) is 26.4. The van der Waals surface area contributed by atoms with Crippen molar-refractivity contribution >= 4 is 28.4 Å². The van der Waals surface area contributed by atoms with Gasteiger partial charge in [-0.05, 0) is 62.4 Å². The monoisotopic (exact) mass is 502 g/mol. The van der Waals surface area contributed by atoms with E-state index < -0.39 is 17.8 Å². The lowest BCUT2D eigenvalue weighted by Crippen LogP contribution is -2.38. The number of rotatable bonds is 4. The number of fused-ring (bicyclic) bond motifs is 1. The molecule has 4 rings (SSSR count). The van der Waals surface area contributed by atoms with Crippen molar-refractivity contribution < 1.29 is 18.0 Å². The Hall–Kier alpha value is -3.63. The summed E-state index contributed by atoms with van der Waals surface area (Å²) in [7, 11) is 1.64.